The van der Waals surface area contributed by atoms with E-state index in [4.69, 9.17) is 25.8 Å². The summed E-state index contributed by atoms with van der Waals surface area (Å²) >= 11 is 5.76. The van der Waals surface area contributed by atoms with Crippen LogP contribution in [0, 0.1) is 5.92 Å². The molecule has 0 spiro atoms. The van der Waals surface area contributed by atoms with E-state index < -0.39 is 42.1 Å². The van der Waals surface area contributed by atoms with Crippen LogP contribution in [0.2, 0.25) is 5.02 Å². The molecule has 1 fully saturated rings. The average molecular weight is 519 g/mol. The van der Waals surface area contributed by atoms with Crippen LogP contribution in [0.3, 0.4) is 0 Å². The van der Waals surface area contributed by atoms with Crippen LogP contribution in [0.15, 0.2) is 42.5 Å². The number of carbonyl (C=O) groups is 5. The van der Waals surface area contributed by atoms with E-state index in [0.29, 0.717) is 16.5 Å². The summed E-state index contributed by atoms with van der Waals surface area (Å²) in [4.78, 5) is 61.0. The second kappa shape index (κ2) is 11.9. The third kappa shape index (κ3) is 6.63. The number of hydrogen-bond donors (Lipinski definition) is 3. The zero-order valence-electron chi connectivity index (χ0n) is 19.3. The lowest BCUT2D eigenvalue weighted by atomic mass is 10.1. The lowest BCUT2D eigenvalue weighted by molar-refractivity contribution is -0.152. The standard InChI is InChI=1S/C23H23ClN4O8/c1-34-17-8-5-14(9-18(17)35-2)22(32)27-28-11-15(10-20(28)30)23(33)36-12-19(29)25-26-21(31)13-3-6-16(24)7-4-13/h3-9,15H,10-12H2,1-2H3,(H,25,29)(H,26,31)(H,27,32)/t15-/m0/s1. The molecule has 1 aliphatic heterocycles. The first kappa shape index (κ1) is 26.3. The number of hydrogen-bond acceptors (Lipinski definition) is 8. The van der Waals surface area contributed by atoms with Crippen molar-refractivity contribution in [3.63, 3.8) is 0 Å². The topological polar surface area (TPSA) is 152 Å². The van der Waals surface area contributed by atoms with E-state index in [0.717, 1.165) is 5.01 Å². The number of nitrogens with one attached hydrogen (secondary N) is 3. The molecule has 2 aromatic rings. The van der Waals surface area contributed by atoms with E-state index in [1.807, 2.05) is 0 Å². The van der Waals surface area contributed by atoms with E-state index in [-0.39, 0.29) is 24.1 Å². The van der Waals surface area contributed by atoms with E-state index in [1.165, 1.54) is 50.6 Å². The Morgan fingerprint density at radius 3 is 2.28 bits per heavy atom. The molecule has 12 nitrogen and oxygen atoms in total. The summed E-state index contributed by atoms with van der Waals surface area (Å²) in [6.07, 6.45) is -0.208. The molecule has 0 unspecified atom stereocenters. The quantitative estimate of drug-likeness (QED) is 0.343. The van der Waals surface area contributed by atoms with Crippen molar-refractivity contribution in [1.29, 1.82) is 0 Å². The Kier molecular flexibility index (Phi) is 8.68. The summed E-state index contributed by atoms with van der Waals surface area (Å²) in [6.45, 7) is -0.811. The van der Waals surface area contributed by atoms with Crippen molar-refractivity contribution >= 4 is 41.2 Å². The SMILES string of the molecule is COc1ccc(C(=O)NN2C[C@@H](C(=O)OCC(=O)NNC(=O)c3ccc(Cl)cc3)CC2=O)cc1OC. The minimum absolute atomic E-state index is 0.133. The summed E-state index contributed by atoms with van der Waals surface area (Å²) in [5.74, 6) is -3.38. The molecule has 4 amide bonds. The van der Waals surface area contributed by atoms with Crippen molar-refractivity contribution in [2.45, 2.75) is 6.42 Å². The second-order valence-corrected chi connectivity index (χ2v) is 7.97. The number of ether oxygens (including phenoxy) is 3. The van der Waals surface area contributed by atoms with E-state index in [2.05, 4.69) is 16.3 Å². The number of benzene rings is 2. The van der Waals surface area contributed by atoms with Gasteiger partial charge in [0, 0.05) is 22.6 Å². The summed E-state index contributed by atoms with van der Waals surface area (Å²) in [5, 5.41) is 1.46. The maximum absolute atomic E-state index is 12.5. The van der Waals surface area contributed by atoms with E-state index >= 15 is 0 Å². The number of nitrogens with zero attached hydrogens (tertiary/aromatic N) is 1. The minimum atomic E-state index is -0.889. The molecule has 2 aromatic carbocycles. The third-order valence-corrected chi connectivity index (χ3v) is 5.36. The van der Waals surface area contributed by atoms with Gasteiger partial charge in [0.15, 0.2) is 18.1 Å². The number of methoxy groups -OCH3 is 2. The fourth-order valence-electron chi connectivity index (χ4n) is 3.23. The lowest BCUT2D eigenvalue weighted by Crippen LogP contribution is -2.44. The summed E-state index contributed by atoms with van der Waals surface area (Å²) in [7, 11) is 2.88. The van der Waals surface area contributed by atoms with E-state index in [1.54, 1.807) is 6.07 Å². The molecule has 190 valence electrons. The maximum atomic E-state index is 12.5. The average Bonchev–Trinajstić information content (AvgIpc) is 3.25. The number of hydrazine groups is 2. The summed E-state index contributed by atoms with van der Waals surface area (Å²) in [5.41, 5.74) is 7.21. The highest BCUT2D eigenvalue weighted by atomic mass is 35.5. The molecule has 0 saturated carbocycles. The van der Waals surface area contributed by atoms with Crippen molar-refractivity contribution < 1.29 is 38.2 Å². The second-order valence-electron chi connectivity index (χ2n) is 7.53. The van der Waals surface area contributed by atoms with Gasteiger partial charge >= 0.3 is 5.97 Å². The Balaban J connectivity index is 1.45. The minimum Gasteiger partial charge on any atom is -0.493 e. The zero-order valence-corrected chi connectivity index (χ0v) is 20.1. The zero-order chi connectivity index (χ0) is 26.2. The highest BCUT2D eigenvalue weighted by molar-refractivity contribution is 6.30. The van der Waals surface area contributed by atoms with Crippen LogP contribution < -0.4 is 25.8 Å². The number of halogens is 1. The highest BCUT2D eigenvalue weighted by Gasteiger charge is 2.36. The van der Waals surface area contributed by atoms with Crippen LogP contribution in [-0.4, -0.2) is 62.0 Å². The van der Waals surface area contributed by atoms with Gasteiger partial charge < -0.3 is 14.2 Å². The number of amides is 4. The first-order chi connectivity index (χ1) is 17.2. The van der Waals surface area contributed by atoms with Crippen LogP contribution in [0.25, 0.3) is 0 Å². The molecular weight excluding hydrogens is 496 g/mol. The Labute approximate surface area is 210 Å². The van der Waals surface area contributed by atoms with Crippen LogP contribution in [0.1, 0.15) is 27.1 Å². The number of rotatable bonds is 8. The van der Waals surface area contributed by atoms with Gasteiger partial charge in [-0.25, -0.2) is 0 Å². The molecule has 0 aromatic heterocycles. The highest BCUT2D eigenvalue weighted by Crippen LogP contribution is 2.27. The Morgan fingerprint density at radius 1 is 0.944 bits per heavy atom. The molecule has 0 aliphatic carbocycles. The largest absolute Gasteiger partial charge is 0.493 e. The van der Waals surface area contributed by atoms with Gasteiger partial charge in [-0.2, -0.15) is 0 Å². The Morgan fingerprint density at radius 2 is 1.61 bits per heavy atom. The maximum Gasteiger partial charge on any atom is 0.311 e. The molecule has 0 radical (unpaired) electrons. The predicted octanol–water partition coefficient (Wildman–Crippen LogP) is 0.855. The van der Waals surface area contributed by atoms with Gasteiger partial charge in [-0.15, -0.1) is 0 Å². The molecule has 36 heavy (non-hydrogen) atoms. The third-order valence-electron chi connectivity index (χ3n) is 5.11. The molecule has 13 heteroatoms. The first-order valence-electron chi connectivity index (χ1n) is 10.6. The monoisotopic (exact) mass is 518 g/mol. The normalized spacial score (nSPS) is 14.6. The van der Waals surface area contributed by atoms with Crippen LogP contribution >= 0.6 is 11.6 Å². The molecule has 3 N–H and O–H groups in total. The van der Waals surface area contributed by atoms with Gasteiger partial charge in [0.1, 0.15) is 0 Å². The molecule has 1 saturated heterocycles. The summed E-state index contributed by atoms with van der Waals surface area (Å²) in [6, 6.07) is 10.5. The fourth-order valence-corrected chi connectivity index (χ4v) is 3.35. The van der Waals surface area contributed by atoms with Gasteiger partial charge in [0.25, 0.3) is 17.7 Å². The first-order valence-corrected chi connectivity index (χ1v) is 10.9. The smallest absolute Gasteiger partial charge is 0.311 e. The van der Waals surface area contributed by atoms with Gasteiger partial charge in [0.05, 0.1) is 26.7 Å². The van der Waals surface area contributed by atoms with Crippen LogP contribution in [-0.2, 0) is 19.1 Å². The Hall–Kier alpha value is -4.32. The van der Waals surface area contributed by atoms with Crippen LogP contribution in [0.4, 0.5) is 0 Å². The van der Waals surface area contributed by atoms with Gasteiger partial charge in [-0.05, 0) is 42.5 Å². The molecular formula is C23H23ClN4O8. The van der Waals surface area contributed by atoms with Crippen molar-refractivity contribution in [2.24, 2.45) is 5.92 Å². The van der Waals surface area contributed by atoms with Gasteiger partial charge in [0.2, 0.25) is 5.91 Å². The molecule has 1 aliphatic rings. The molecule has 1 heterocycles. The lowest BCUT2D eigenvalue weighted by Gasteiger charge is -2.18. The van der Waals surface area contributed by atoms with Crippen molar-refractivity contribution in [2.75, 3.05) is 27.4 Å². The van der Waals surface area contributed by atoms with E-state index in [9.17, 15) is 24.0 Å². The number of esters is 1. The number of carbonyl (C=O) groups excluding carboxylic acids is 5. The van der Waals surface area contributed by atoms with Crippen molar-refractivity contribution in [3.05, 3.63) is 58.6 Å². The predicted molar refractivity (Wildman–Crippen MR) is 125 cm³/mol. The van der Waals surface area contributed by atoms with Crippen molar-refractivity contribution in [3.8, 4) is 11.5 Å². The molecule has 3 rings (SSSR count). The fraction of sp³-hybridized carbons (Fsp3) is 0.261. The van der Waals surface area contributed by atoms with Gasteiger partial charge in [-0.3, -0.25) is 45.3 Å². The molecule has 0 bridgehead atoms. The Bertz CT molecular complexity index is 1170. The summed E-state index contributed by atoms with van der Waals surface area (Å²) < 4.78 is 15.2. The van der Waals surface area contributed by atoms with Crippen LogP contribution in [0.5, 0.6) is 11.5 Å². The van der Waals surface area contributed by atoms with Gasteiger partial charge in [-0.1, -0.05) is 11.6 Å². The molecule has 1 atom stereocenters. The van der Waals surface area contributed by atoms with Crippen molar-refractivity contribution in [1.82, 2.24) is 21.3 Å².